The van der Waals surface area contributed by atoms with Crippen LogP contribution < -0.4 is 5.32 Å². The van der Waals surface area contributed by atoms with Crippen molar-refractivity contribution in [2.75, 3.05) is 20.1 Å². The first-order valence-electron chi connectivity index (χ1n) is 7.86. The summed E-state index contributed by atoms with van der Waals surface area (Å²) < 4.78 is 0. The van der Waals surface area contributed by atoms with Crippen molar-refractivity contribution in [2.45, 2.75) is 57.0 Å². The van der Waals surface area contributed by atoms with Gasteiger partial charge in [-0.1, -0.05) is 6.42 Å². The van der Waals surface area contributed by atoms with E-state index in [4.69, 9.17) is 0 Å². The Morgan fingerprint density at radius 2 is 2.26 bits per heavy atom. The second-order valence-electron chi connectivity index (χ2n) is 5.99. The average molecular weight is 278 g/mol. The van der Waals surface area contributed by atoms with E-state index in [-0.39, 0.29) is 0 Å². The van der Waals surface area contributed by atoms with Crippen molar-refractivity contribution < 1.29 is 0 Å². The highest BCUT2D eigenvalue weighted by Crippen LogP contribution is 2.40. The standard InChI is InChI=1S/C16H26N2S/c1-17-10-8-13-5-2-3-11-18(13)15-6-4-7-16-14(15)9-12-19-16/h9,12-13,15,17H,2-8,10-11H2,1H3. The SMILES string of the molecule is CNCCC1CCCCN1C1CCCc2sccc21. The number of hydrogen-bond acceptors (Lipinski definition) is 3. The Labute approximate surface area is 121 Å². The van der Waals surface area contributed by atoms with Crippen LogP contribution in [0.3, 0.4) is 0 Å². The summed E-state index contributed by atoms with van der Waals surface area (Å²) in [6, 6.07) is 3.92. The van der Waals surface area contributed by atoms with Crippen LogP contribution in [0.15, 0.2) is 11.4 Å². The molecule has 0 spiro atoms. The molecule has 1 aliphatic carbocycles. The van der Waals surface area contributed by atoms with Gasteiger partial charge >= 0.3 is 0 Å². The van der Waals surface area contributed by atoms with Crippen LogP contribution in [-0.2, 0) is 6.42 Å². The van der Waals surface area contributed by atoms with Crippen LogP contribution >= 0.6 is 11.3 Å². The molecule has 1 aliphatic heterocycles. The van der Waals surface area contributed by atoms with E-state index in [1.807, 2.05) is 11.3 Å². The van der Waals surface area contributed by atoms with Crippen molar-refractivity contribution in [2.24, 2.45) is 0 Å². The van der Waals surface area contributed by atoms with Gasteiger partial charge in [-0.05, 0) is 75.7 Å². The molecule has 2 nitrogen and oxygen atoms in total. The number of rotatable bonds is 4. The molecule has 0 aromatic carbocycles. The number of hydrogen-bond donors (Lipinski definition) is 1. The fraction of sp³-hybridized carbons (Fsp3) is 0.750. The van der Waals surface area contributed by atoms with Crippen molar-refractivity contribution in [3.63, 3.8) is 0 Å². The van der Waals surface area contributed by atoms with E-state index in [0.717, 1.165) is 18.6 Å². The van der Waals surface area contributed by atoms with E-state index in [2.05, 4.69) is 28.7 Å². The largest absolute Gasteiger partial charge is 0.320 e. The molecule has 1 saturated heterocycles. The molecule has 1 aromatic rings. The maximum absolute atomic E-state index is 3.33. The quantitative estimate of drug-likeness (QED) is 0.905. The molecule has 2 atom stereocenters. The summed E-state index contributed by atoms with van der Waals surface area (Å²) >= 11 is 1.97. The molecule has 1 N–H and O–H groups in total. The Kier molecular flexibility index (Phi) is 4.57. The van der Waals surface area contributed by atoms with Crippen LogP contribution in [0.4, 0.5) is 0 Å². The molecule has 2 aliphatic rings. The maximum atomic E-state index is 3.33. The summed E-state index contributed by atoms with van der Waals surface area (Å²) in [5.41, 5.74) is 1.66. The topological polar surface area (TPSA) is 15.3 Å². The number of aryl methyl sites for hydroxylation is 1. The van der Waals surface area contributed by atoms with E-state index in [9.17, 15) is 0 Å². The third kappa shape index (κ3) is 2.88. The van der Waals surface area contributed by atoms with Crippen LogP contribution in [0.25, 0.3) is 0 Å². The van der Waals surface area contributed by atoms with Crippen LogP contribution in [0, 0.1) is 0 Å². The zero-order valence-corrected chi connectivity index (χ0v) is 12.8. The van der Waals surface area contributed by atoms with Gasteiger partial charge in [-0.25, -0.2) is 0 Å². The molecule has 3 heteroatoms. The second kappa shape index (κ2) is 6.38. The minimum absolute atomic E-state index is 0.720. The zero-order chi connectivity index (χ0) is 13.1. The summed E-state index contributed by atoms with van der Waals surface area (Å²) in [5.74, 6) is 0. The van der Waals surface area contributed by atoms with Crippen molar-refractivity contribution in [3.8, 4) is 0 Å². The first-order chi connectivity index (χ1) is 9.40. The van der Waals surface area contributed by atoms with E-state index < -0.39 is 0 Å². The van der Waals surface area contributed by atoms with Gasteiger partial charge in [0.2, 0.25) is 0 Å². The molecular weight excluding hydrogens is 252 g/mol. The van der Waals surface area contributed by atoms with Gasteiger partial charge < -0.3 is 5.32 Å². The number of piperidine rings is 1. The van der Waals surface area contributed by atoms with Gasteiger partial charge in [0, 0.05) is 17.0 Å². The third-order valence-electron chi connectivity index (χ3n) is 4.82. The lowest BCUT2D eigenvalue weighted by Gasteiger charge is -2.43. The molecule has 3 rings (SSSR count). The first-order valence-corrected chi connectivity index (χ1v) is 8.74. The van der Waals surface area contributed by atoms with E-state index in [1.54, 1.807) is 10.4 Å². The van der Waals surface area contributed by atoms with Crippen LogP contribution in [0.1, 0.15) is 55.0 Å². The van der Waals surface area contributed by atoms with Crippen LogP contribution in [-0.4, -0.2) is 31.1 Å². The van der Waals surface area contributed by atoms with Crippen molar-refractivity contribution >= 4 is 11.3 Å². The van der Waals surface area contributed by atoms with Gasteiger partial charge in [0.05, 0.1) is 0 Å². The first kappa shape index (κ1) is 13.6. The highest BCUT2D eigenvalue weighted by atomic mass is 32.1. The Morgan fingerprint density at radius 1 is 1.32 bits per heavy atom. The average Bonchev–Trinajstić information content (AvgIpc) is 2.94. The molecule has 0 amide bonds. The highest BCUT2D eigenvalue weighted by Gasteiger charge is 2.32. The molecule has 1 fully saturated rings. The Balaban J connectivity index is 1.76. The molecule has 2 unspecified atom stereocenters. The smallest absolute Gasteiger partial charge is 0.0362 e. The molecule has 106 valence electrons. The summed E-state index contributed by atoms with van der Waals surface area (Å²) in [6.07, 6.45) is 9.61. The van der Waals surface area contributed by atoms with Crippen LogP contribution in [0.2, 0.25) is 0 Å². The maximum Gasteiger partial charge on any atom is 0.0362 e. The van der Waals surface area contributed by atoms with Gasteiger partial charge in [-0.3, -0.25) is 4.90 Å². The van der Waals surface area contributed by atoms with Gasteiger partial charge in [-0.15, -0.1) is 11.3 Å². The Morgan fingerprint density at radius 3 is 3.16 bits per heavy atom. The van der Waals surface area contributed by atoms with Gasteiger partial charge in [0.1, 0.15) is 0 Å². The number of likely N-dealkylation sites (tertiary alicyclic amines) is 1. The monoisotopic (exact) mass is 278 g/mol. The fourth-order valence-electron chi connectivity index (χ4n) is 3.86. The third-order valence-corrected chi connectivity index (χ3v) is 5.82. The molecule has 0 saturated carbocycles. The van der Waals surface area contributed by atoms with E-state index in [0.29, 0.717) is 0 Å². The highest BCUT2D eigenvalue weighted by molar-refractivity contribution is 7.10. The van der Waals surface area contributed by atoms with Gasteiger partial charge in [-0.2, -0.15) is 0 Å². The van der Waals surface area contributed by atoms with Crippen LogP contribution in [0.5, 0.6) is 0 Å². The fourth-order valence-corrected chi connectivity index (χ4v) is 4.84. The molecule has 0 bridgehead atoms. The van der Waals surface area contributed by atoms with Crippen molar-refractivity contribution in [1.29, 1.82) is 0 Å². The lowest BCUT2D eigenvalue weighted by molar-refractivity contribution is 0.0794. The zero-order valence-electron chi connectivity index (χ0n) is 12.0. The lowest BCUT2D eigenvalue weighted by Crippen LogP contribution is -2.44. The van der Waals surface area contributed by atoms with Gasteiger partial charge in [0.15, 0.2) is 0 Å². The molecule has 1 aromatic heterocycles. The Hall–Kier alpha value is -0.380. The second-order valence-corrected chi connectivity index (χ2v) is 6.99. The predicted octanol–water partition coefficient (Wildman–Crippen LogP) is 3.59. The van der Waals surface area contributed by atoms with Crippen molar-refractivity contribution in [3.05, 3.63) is 21.9 Å². The summed E-state index contributed by atoms with van der Waals surface area (Å²) in [4.78, 5) is 4.50. The number of nitrogens with one attached hydrogen (secondary N) is 1. The predicted molar refractivity (Wildman–Crippen MR) is 82.9 cm³/mol. The van der Waals surface area contributed by atoms with Gasteiger partial charge in [0.25, 0.3) is 0 Å². The summed E-state index contributed by atoms with van der Waals surface area (Å²) in [5, 5.41) is 5.63. The Bertz CT molecular complexity index is 401. The summed E-state index contributed by atoms with van der Waals surface area (Å²) in [6.45, 7) is 2.47. The van der Waals surface area contributed by atoms with E-state index in [1.165, 1.54) is 51.5 Å². The lowest BCUT2D eigenvalue weighted by atomic mass is 9.88. The van der Waals surface area contributed by atoms with E-state index >= 15 is 0 Å². The molecule has 0 radical (unpaired) electrons. The minimum atomic E-state index is 0.720. The number of thiophene rings is 1. The number of nitrogens with zero attached hydrogens (tertiary/aromatic N) is 1. The normalized spacial score (nSPS) is 28.3. The molecular formula is C16H26N2S. The molecule has 2 heterocycles. The molecule has 19 heavy (non-hydrogen) atoms. The minimum Gasteiger partial charge on any atom is -0.320 e. The van der Waals surface area contributed by atoms with Crippen molar-refractivity contribution in [1.82, 2.24) is 10.2 Å². The summed E-state index contributed by atoms with van der Waals surface area (Å²) in [7, 11) is 2.07. The number of fused-ring (bicyclic) bond motifs is 1.